The second-order valence-electron chi connectivity index (χ2n) is 6.74. The second-order valence-corrected chi connectivity index (χ2v) is 6.74. The third kappa shape index (κ3) is 4.40. The average Bonchev–Trinajstić information content (AvgIpc) is 2.75. The molecule has 2 aromatic rings. The van der Waals surface area contributed by atoms with Crippen molar-refractivity contribution in [1.82, 2.24) is 24.8 Å². The van der Waals surface area contributed by atoms with Crippen LogP contribution in [0.5, 0.6) is 0 Å². The Morgan fingerprint density at radius 1 is 1.04 bits per heavy atom. The van der Waals surface area contributed by atoms with Gasteiger partial charge in [-0.15, -0.1) is 0 Å². The van der Waals surface area contributed by atoms with Crippen molar-refractivity contribution in [1.29, 1.82) is 0 Å². The van der Waals surface area contributed by atoms with Gasteiger partial charge in [-0.3, -0.25) is 14.7 Å². The number of ether oxygens (including phenoxy) is 1. The fourth-order valence-corrected chi connectivity index (χ4v) is 3.39. The summed E-state index contributed by atoms with van der Waals surface area (Å²) in [7, 11) is 0. The number of morpholine rings is 1. The van der Waals surface area contributed by atoms with Gasteiger partial charge in [-0.25, -0.2) is 9.97 Å². The van der Waals surface area contributed by atoms with Crippen molar-refractivity contribution in [2.45, 2.75) is 0 Å². The van der Waals surface area contributed by atoms with Crippen molar-refractivity contribution in [2.24, 2.45) is 0 Å². The van der Waals surface area contributed by atoms with Gasteiger partial charge < -0.3 is 14.5 Å². The molecule has 0 aromatic carbocycles. The average molecular weight is 368 g/mol. The number of pyridine rings is 1. The highest BCUT2D eigenvalue weighted by molar-refractivity contribution is 5.78. The van der Waals surface area contributed by atoms with Crippen LogP contribution in [0.2, 0.25) is 0 Å². The summed E-state index contributed by atoms with van der Waals surface area (Å²) >= 11 is 0. The van der Waals surface area contributed by atoms with Gasteiger partial charge in [0.05, 0.1) is 25.5 Å². The van der Waals surface area contributed by atoms with Crippen molar-refractivity contribution < 1.29 is 9.53 Å². The van der Waals surface area contributed by atoms with E-state index in [1.165, 1.54) is 0 Å². The van der Waals surface area contributed by atoms with Crippen LogP contribution in [-0.2, 0) is 9.53 Å². The molecule has 1 amide bonds. The fraction of sp³-hybridized carbons (Fsp3) is 0.474. The van der Waals surface area contributed by atoms with Gasteiger partial charge >= 0.3 is 0 Å². The Kier molecular flexibility index (Phi) is 5.55. The third-order valence-electron chi connectivity index (χ3n) is 4.98. The van der Waals surface area contributed by atoms with Gasteiger partial charge in [0.2, 0.25) is 11.9 Å². The quantitative estimate of drug-likeness (QED) is 0.779. The summed E-state index contributed by atoms with van der Waals surface area (Å²) in [6, 6.07) is 5.80. The van der Waals surface area contributed by atoms with Crippen LogP contribution in [-0.4, -0.2) is 89.7 Å². The number of carbonyl (C=O) groups is 1. The van der Waals surface area contributed by atoms with Gasteiger partial charge in [0.25, 0.3) is 0 Å². The lowest BCUT2D eigenvalue weighted by Gasteiger charge is -2.36. The fourth-order valence-electron chi connectivity index (χ4n) is 3.39. The summed E-state index contributed by atoms with van der Waals surface area (Å²) in [5, 5.41) is 0. The van der Waals surface area contributed by atoms with E-state index in [2.05, 4.69) is 19.8 Å². The number of piperazine rings is 1. The molecular formula is C19H24N6O2. The maximum atomic E-state index is 12.4. The highest BCUT2D eigenvalue weighted by Crippen LogP contribution is 2.18. The predicted molar refractivity (Wildman–Crippen MR) is 101 cm³/mol. The van der Waals surface area contributed by atoms with E-state index in [4.69, 9.17) is 9.72 Å². The third-order valence-corrected chi connectivity index (χ3v) is 4.98. The van der Waals surface area contributed by atoms with E-state index in [0.29, 0.717) is 32.8 Å². The topological polar surface area (TPSA) is 74.7 Å². The van der Waals surface area contributed by atoms with Gasteiger partial charge in [0, 0.05) is 63.4 Å². The molecule has 0 aliphatic carbocycles. The number of rotatable bonds is 4. The minimum absolute atomic E-state index is 0.196. The lowest BCUT2D eigenvalue weighted by atomic mass is 10.2. The lowest BCUT2D eigenvalue weighted by Crippen LogP contribution is -2.51. The molecule has 0 spiro atoms. The summed E-state index contributed by atoms with van der Waals surface area (Å²) in [6.45, 7) is 6.45. The molecule has 2 aliphatic rings. The van der Waals surface area contributed by atoms with Crippen LogP contribution in [0.25, 0.3) is 11.3 Å². The van der Waals surface area contributed by atoms with E-state index in [-0.39, 0.29) is 5.91 Å². The van der Waals surface area contributed by atoms with Gasteiger partial charge in [0.15, 0.2) is 0 Å². The van der Waals surface area contributed by atoms with Crippen LogP contribution in [0.3, 0.4) is 0 Å². The number of hydrogen-bond donors (Lipinski definition) is 0. The van der Waals surface area contributed by atoms with E-state index in [0.717, 1.165) is 43.4 Å². The second kappa shape index (κ2) is 8.41. The maximum Gasteiger partial charge on any atom is 0.236 e. The molecule has 0 unspecified atom stereocenters. The normalized spacial score (nSPS) is 18.5. The zero-order chi connectivity index (χ0) is 18.5. The first-order valence-electron chi connectivity index (χ1n) is 9.36. The van der Waals surface area contributed by atoms with E-state index in [1.54, 1.807) is 18.6 Å². The lowest BCUT2D eigenvalue weighted by molar-refractivity contribution is -0.136. The summed E-state index contributed by atoms with van der Waals surface area (Å²) in [5.74, 6) is 0.928. The molecule has 2 saturated heterocycles. The Labute approximate surface area is 158 Å². The number of amides is 1. The number of aromatic nitrogens is 3. The van der Waals surface area contributed by atoms with E-state index in [9.17, 15) is 4.79 Å². The summed E-state index contributed by atoms with van der Waals surface area (Å²) in [6.07, 6.45) is 5.35. The Morgan fingerprint density at radius 2 is 1.85 bits per heavy atom. The maximum absolute atomic E-state index is 12.4. The van der Waals surface area contributed by atoms with E-state index >= 15 is 0 Å². The van der Waals surface area contributed by atoms with E-state index in [1.807, 2.05) is 23.1 Å². The number of hydrogen-bond acceptors (Lipinski definition) is 7. The SMILES string of the molecule is O=C(CN1CCN(c2nccc(-c3cccnc3)n2)CC1)N1CCOCC1. The van der Waals surface area contributed by atoms with Crippen LogP contribution < -0.4 is 4.90 Å². The Balaban J connectivity index is 1.33. The molecule has 27 heavy (non-hydrogen) atoms. The van der Waals surface area contributed by atoms with Crippen molar-refractivity contribution in [3.63, 3.8) is 0 Å². The standard InChI is InChI=1S/C19H24N6O2/c26-18(24-10-12-27-13-11-24)15-23-6-8-25(9-7-23)19-21-5-3-17(22-19)16-2-1-4-20-14-16/h1-5,14H,6-13,15H2. The molecule has 2 aliphatic heterocycles. The molecule has 4 rings (SSSR count). The Morgan fingerprint density at radius 3 is 2.59 bits per heavy atom. The van der Waals surface area contributed by atoms with Crippen LogP contribution in [0, 0.1) is 0 Å². The van der Waals surface area contributed by atoms with Gasteiger partial charge in [-0.1, -0.05) is 0 Å². The highest BCUT2D eigenvalue weighted by atomic mass is 16.5. The number of carbonyl (C=O) groups excluding carboxylic acids is 1. The Bertz CT molecular complexity index is 758. The van der Waals surface area contributed by atoms with Gasteiger partial charge in [0.1, 0.15) is 0 Å². The number of anilines is 1. The molecular weight excluding hydrogens is 344 g/mol. The molecule has 0 atom stereocenters. The van der Waals surface area contributed by atoms with Crippen molar-refractivity contribution in [2.75, 3.05) is 63.9 Å². The minimum atomic E-state index is 0.196. The summed E-state index contributed by atoms with van der Waals surface area (Å²) in [5.41, 5.74) is 1.86. The van der Waals surface area contributed by atoms with Crippen LogP contribution >= 0.6 is 0 Å². The first kappa shape index (κ1) is 17.8. The van der Waals surface area contributed by atoms with Gasteiger partial charge in [-0.05, 0) is 18.2 Å². The van der Waals surface area contributed by atoms with Crippen molar-refractivity contribution in [3.05, 3.63) is 36.8 Å². The summed E-state index contributed by atoms with van der Waals surface area (Å²) in [4.78, 5) is 32.0. The largest absolute Gasteiger partial charge is 0.378 e. The highest BCUT2D eigenvalue weighted by Gasteiger charge is 2.24. The van der Waals surface area contributed by atoms with Crippen LogP contribution in [0.1, 0.15) is 0 Å². The molecule has 2 fully saturated rings. The van der Waals surface area contributed by atoms with Crippen LogP contribution in [0.4, 0.5) is 5.95 Å². The predicted octanol–water partition coefficient (Wildman–Crippen LogP) is 0.519. The molecule has 0 saturated carbocycles. The molecule has 8 nitrogen and oxygen atoms in total. The zero-order valence-electron chi connectivity index (χ0n) is 15.3. The van der Waals surface area contributed by atoms with Crippen molar-refractivity contribution >= 4 is 11.9 Å². The number of nitrogens with zero attached hydrogens (tertiary/aromatic N) is 6. The molecule has 2 aromatic heterocycles. The summed E-state index contributed by atoms with van der Waals surface area (Å²) < 4.78 is 5.31. The molecule has 142 valence electrons. The molecule has 0 bridgehead atoms. The van der Waals surface area contributed by atoms with Crippen LogP contribution in [0.15, 0.2) is 36.8 Å². The zero-order valence-corrected chi connectivity index (χ0v) is 15.3. The van der Waals surface area contributed by atoms with Crippen molar-refractivity contribution in [3.8, 4) is 11.3 Å². The smallest absolute Gasteiger partial charge is 0.236 e. The molecule has 8 heteroatoms. The Hall–Kier alpha value is -2.58. The minimum Gasteiger partial charge on any atom is -0.378 e. The molecule has 0 N–H and O–H groups in total. The monoisotopic (exact) mass is 368 g/mol. The molecule has 0 radical (unpaired) electrons. The van der Waals surface area contributed by atoms with Gasteiger partial charge in [-0.2, -0.15) is 0 Å². The molecule has 4 heterocycles. The van der Waals surface area contributed by atoms with E-state index < -0.39 is 0 Å². The first-order chi connectivity index (χ1) is 13.3. The first-order valence-corrected chi connectivity index (χ1v) is 9.36.